The number of ketones is 1. The first-order chi connectivity index (χ1) is 13.2. The van der Waals surface area contributed by atoms with Gasteiger partial charge in [0.05, 0.1) is 17.5 Å². The number of nitrogens with zero attached hydrogens (tertiary/aromatic N) is 2. The van der Waals surface area contributed by atoms with Crippen molar-refractivity contribution in [3.8, 4) is 0 Å². The highest BCUT2D eigenvalue weighted by molar-refractivity contribution is 9.10. The first-order valence-electron chi connectivity index (χ1n) is 8.77. The Morgan fingerprint density at radius 3 is 2.54 bits per heavy atom. The summed E-state index contributed by atoms with van der Waals surface area (Å²) in [5.41, 5.74) is 0.418. The number of hydrogen-bond acceptors (Lipinski definition) is 7. The summed E-state index contributed by atoms with van der Waals surface area (Å²) >= 11 is 3.29. The van der Waals surface area contributed by atoms with Crippen molar-refractivity contribution >= 4 is 49.1 Å². The number of hydrazone groups is 1. The molecule has 2 aliphatic heterocycles. The lowest BCUT2D eigenvalue weighted by atomic mass is 10.1. The van der Waals surface area contributed by atoms with Crippen LogP contribution in [0.2, 0.25) is 0 Å². The van der Waals surface area contributed by atoms with Crippen LogP contribution in [0.3, 0.4) is 0 Å². The van der Waals surface area contributed by atoms with Crippen molar-refractivity contribution in [1.82, 2.24) is 5.01 Å². The van der Waals surface area contributed by atoms with E-state index in [1.165, 1.54) is 6.92 Å². The van der Waals surface area contributed by atoms with Crippen molar-refractivity contribution in [2.24, 2.45) is 5.10 Å². The molecule has 2 atom stereocenters. The van der Waals surface area contributed by atoms with Crippen molar-refractivity contribution in [3.05, 3.63) is 34.3 Å². The van der Waals surface area contributed by atoms with E-state index in [1.807, 2.05) is 0 Å². The minimum Gasteiger partial charge on any atom is -0.450 e. The second-order valence-corrected chi connectivity index (χ2v) is 9.90. The number of carbonyl (C=O) groups is 3. The molecule has 2 aliphatic rings. The van der Waals surface area contributed by atoms with Gasteiger partial charge in [-0.1, -0.05) is 28.1 Å². The summed E-state index contributed by atoms with van der Waals surface area (Å²) < 4.78 is 29.4. The van der Waals surface area contributed by atoms with Crippen LogP contribution < -0.4 is 0 Å². The number of hydrogen-bond donors (Lipinski definition) is 0. The highest BCUT2D eigenvalue weighted by Crippen LogP contribution is 2.22. The fourth-order valence-corrected chi connectivity index (χ4v) is 5.06. The fourth-order valence-electron chi connectivity index (χ4n) is 3.10. The van der Waals surface area contributed by atoms with Crippen LogP contribution in [0.25, 0.3) is 0 Å². The smallest absolute Gasteiger partial charge is 0.355 e. The Kier molecular flexibility index (Phi) is 5.99. The van der Waals surface area contributed by atoms with E-state index in [9.17, 15) is 22.8 Å². The van der Waals surface area contributed by atoms with Gasteiger partial charge in [-0.25, -0.2) is 18.2 Å². The van der Waals surface area contributed by atoms with Crippen LogP contribution in [0.4, 0.5) is 0 Å². The van der Waals surface area contributed by atoms with E-state index in [0.717, 1.165) is 9.48 Å². The van der Waals surface area contributed by atoms with E-state index in [0.29, 0.717) is 12.0 Å². The molecule has 0 bridgehead atoms. The molecule has 0 aromatic heterocycles. The number of halogens is 1. The maximum absolute atomic E-state index is 12.4. The highest BCUT2D eigenvalue weighted by Gasteiger charge is 2.37. The zero-order chi connectivity index (χ0) is 20.5. The summed E-state index contributed by atoms with van der Waals surface area (Å²) in [6.45, 7) is 1.47. The van der Waals surface area contributed by atoms with Crippen LogP contribution in [-0.2, 0) is 24.2 Å². The number of esters is 1. The van der Waals surface area contributed by atoms with Crippen LogP contribution in [-0.4, -0.2) is 60.4 Å². The molecule has 10 heteroatoms. The van der Waals surface area contributed by atoms with Gasteiger partial charge in [-0.3, -0.25) is 9.59 Å². The zero-order valence-corrected chi connectivity index (χ0v) is 17.5. The number of amides is 1. The van der Waals surface area contributed by atoms with Crippen molar-refractivity contribution in [2.45, 2.75) is 38.3 Å². The fraction of sp³-hybridized carbons (Fsp3) is 0.444. The summed E-state index contributed by atoms with van der Waals surface area (Å²) in [6.07, 6.45) is -0.598. The largest absolute Gasteiger partial charge is 0.450 e. The van der Waals surface area contributed by atoms with E-state index in [4.69, 9.17) is 4.74 Å². The summed E-state index contributed by atoms with van der Waals surface area (Å²) in [5, 5.41) is 5.14. The zero-order valence-electron chi connectivity index (χ0n) is 15.1. The van der Waals surface area contributed by atoms with Gasteiger partial charge in [-0.2, -0.15) is 5.10 Å². The average Bonchev–Trinajstić information content (AvgIpc) is 3.01. The molecule has 0 unspecified atom stereocenters. The Morgan fingerprint density at radius 1 is 1.25 bits per heavy atom. The molecule has 2 heterocycles. The molecular formula is C18H19BrN2O6S. The number of rotatable bonds is 5. The molecule has 1 fully saturated rings. The van der Waals surface area contributed by atoms with Gasteiger partial charge < -0.3 is 4.74 Å². The Morgan fingerprint density at radius 2 is 1.93 bits per heavy atom. The van der Waals surface area contributed by atoms with Crippen molar-refractivity contribution < 1.29 is 27.5 Å². The first-order valence-corrected chi connectivity index (χ1v) is 11.4. The molecule has 0 aliphatic carbocycles. The van der Waals surface area contributed by atoms with Gasteiger partial charge in [-0.05, 0) is 25.5 Å². The normalized spacial score (nSPS) is 22.5. The van der Waals surface area contributed by atoms with Crippen LogP contribution in [0, 0.1) is 0 Å². The van der Waals surface area contributed by atoms with E-state index in [-0.39, 0.29) is 41.7 Å². The van der Waals surface area contributed by atoms with Crippen LogP contribution in [0.1, 0.15) is 36.5 Å². The Hall–Kier alpha value is -2.07. The molecule has 1 aromatic carbocycles. The summed E-state index contributed by atoms with van der Waals surface area (Å²) in [4.78, 5) is 36.9. The van der Waals surface area contributed by atoms with Crippen LogP contribution >= 0.6 is 15.9 Å². The SMILES string of the molecule is C[C@@H](OC(=O)C1=NN([C@@H]2CCS(=O)(=O)C2)C(=O)CC1)C(=O)c1ccc(Br)cc1. The monoisotopic (exact) mass is 470 g/mol. The summed E-state index contributed by atoms with van der Waals surface area (Å²) in [5.74, 6) is -1.63. The van der Waals surface area contributed by atoms with Gasteiger partial charge in [0.25, 0.3) is 0 Å². The van der Waals surface area contributed by atoms with Gasteiger partial charge in [0.15, 0.2) is 15.9 Å². The molecule has 1 aromatic rings. The highest BCUT2D eigenvalue weighted by atomic mass is 79.9. The maximum Gasteiger partial charge on any atom is 0.355 e. The predicted molar refractivity (Wildman–Crippen MR) is 105 cm³/mol. The number of carbonyl (C=O) groups excluding carboxylic acids is 3. The molecule has 1 saturated heterocycles. The molecule has 8 nitrogen and oxygen atoms in total. The second kappa shape index (κ2) is 8.12. The number of ether oxygens (including phenoxy) is 1. The van der Waals surface area contributed by atoms with Gasteiger partial charge in [0.1, 0.15) is 5.71 Å². The van der Waals surface area contributed by atoms with Crippen molar-refractivity contribution in [1.29, 1.82) is 0 Å². The van der Waals surface area contributed by atoms with E-state index in [1.54, 1.807) is 24.3 Å². The third kappa shape index (κ3) is 4.67. The van der Waals surface area contributed by atoms with Gasteiger partial charge in [0, 0.05) is 22.9 Å². The first kappa shape index (κ1) is 20.7. The Bertz CT molecular complexity index is 941. The third-order valence-corrected chi connectivity index (χ3v) is 6.91. The molecule has 0 N–H and O–H groups in total. The molecule has 1 amide bonds. The van der Waals surface area contributed by atoms with Crippen molar-refractivity contribution in [2.75, 3.05) is 11.5 Å². The second-order valence-electron chi connectivity index (χ2n) is 6.76. The lowest BCUT2D eigenvalue weighted by Crippen LogP contribution is -2.42. The molecule has 28 heavy (non-hydrogen) atoms. The third-order valence-electron chi connectivity index (χ3n) is 4.63. The number of Topliss-reactive ketones (excluding diaryl/α,β-unsaturated/α-hetero) is 1. The minimum absolute atomic E-state index is 0.00449. The summed E-state index contributed by atoms with van der Waals surface area (Å²) in [6, 6.07) is 6.10. The van der Waals surface area contributed by atoms with E-state index in [2.05, 4.69) is 21.0 Å². The molecular weight excluding hydrogens is 452 g/mol. The topological polar surface area (TPSA) is 110 Å². The maximum atomic E-state index is 12.4. The molecule has 0 radical (unpaired) electrons. The molecule has 3 rings (SSSR count). The predicted octanol–water partition coefficient (Wildman–Crippen LogP) is 1.73. The van der Waals surface area contributed by atoms with Crippen molar-refractivity contribution in [3.63, 3.8) is 0 Å². The number of benzene rings is 1. The lowest BCUT2D eigenvalue weighted by molar-refractivity contribution is -0.139. The lowest BCUT2D eigenvalue weighted by Gasteiger charge is -2.27. The summed E-state index contributed by atoms with van der Waals surface area (Å²) in [7, 11) is -3.20. The van der Waals surface area contributed by atoms with E-state index < -0.39 is 28.0 Å². The quantitative estimate of drug-likeness (QED) is 0.478. The molecule has 150 valence electrons. The van der Waals surface area contributed by atoms with Crippen LogP contribution in [0.5, 0.6) is 0 Å². The standard InChI is InChI=1S/C18H19BrN2O6S/c1-11(17(23)12-2-4-13(19)5-3-12)27-18(24)15-6-7-16(22)21(20-15)14-8-9-28(25,26)10-14/h2-5,11,14H,6-10H2,1H3/t11-,14-/m1/s1. The van der Waals surface area contributed by atoms with Gasteiger partial charge in [-0.15, -0.1) is 0 Å². The average molecular weight is 471 g/mol. The minimum atomic E-state index is -3.20. The van der Waals surface area contributed by atoms with Crippen LogP contribution in [0.15, 0.2) is 33.8 Å². The Balaban J connectivity index is 1.69. The molecule has 0 spiro atoms. The van der Waals surface area contributed by atoms with Gasteiger partial charge in [0.2, 0.25) is 11.7 Å². The molecule has 0 saturated carbocycles. The number of sulfone groups is 1. The van der Waals surface area contributed by atoms with Gasteiger partial charge >= 0.3 is 5.97 Å². The Labute approximate surface area is 171 Å². The van der Waals surface area contributed by atoms with E-state index >= 15 is 0 Å².